The second-order valence-electron chi connectivity index (χ2n) is 6.83. The number of aromatic nitrogens is 2. The van der Waals surface area contributed by atoms with Crippen LogP contribution in [0.5, 0.6) is 0 Å². The van der Waals surface area contributed by atoms with Gasteiger partial charge in [-0.05, 0) is 56.7 Å². The number of hydrogen-bond acceptors (Lipinski definition) is 4. The van der Waals surface area contributed by atoms with E-state index in [1.54, 1.807) is 0 Å². The number of nitrogens with one attached hydrogen (secondary N) is 1. The van der Waals surface area contributed by atoms with E-state index in [0.717, 1.165) is 30.5 Å². The number of rotatable bonds is 3. The van der Waals surface area contributed by atoms with Gasteiger partial charge >= 0.3 is 0 Å². The van der Waals surface area contributed by atoms with Gasteiger partial charge < -0.3 is 10.2 Å². The second-order valence-corrected chi connectivity index (χ2v) is 6.83. The summed E-state index contributed by atoms with van der Waals surface area (Å²) in [4.78, 5) is 11.5. The maximum absolute atomic E-state index is 4.73. The fourth-order valence-corrected chi connectivity index (χ4v) is 3.47. The van der Waals surface area contributed by atoms with Crippen molar-refractivity contribution in [2.75, 3.05) is 23.3 Å². The molecule has 1 N–H and O–H groups in total. The van der Waals surface area contributed by atoms with Crippen LogP contribution >= 0.6 is 0 Å². The topological polar surface area (TPSA) is 41.1 Å². The molecule has 1 saturated heterocycles. The van der Waals surface area contributed by atoms with Gasteiger partial charge in [-0.2, -0.15) is 4.98 Å². The number of nitrogens with zero attached hydrogens (tertiary/aromatic N) is 3. The molecule has 4 nitrogen and oxygen atoms in total. The molecule has 1 fully saturated rings. The molecule has 1 unspecified atom stereocenters. The summed E-state index contributed by atoms with van der Waals surface area (Å²) in [6.07, 6.45) is 4.40. The molecule has 0 amide bonds. The zero-order valence-corrected chi connectivity index (χ0v) is 14.6. The highest BCUT2D eigenvalue weighted by Crippen LogP contribution is 2.26. The summed E-state index contributed by atoms with van der Waals surface area (Å²) >= 11 is 0. The molecule has 122 valence electrons. The molecule has 23 heavy (non-hydrogen) atoms. The summed E-state index contributed by atoms with van der Waals surface area (Å²) in [6.45, 7) is 10.9. The van der Waals surface area contributed by atoms with Gasteiger partial charge in [0.2, 0.25) is 5.95 Å². The lowest BCUT2D eigenvalue weighted by atomic mass is 10.0. The van der Waals surface area contributed by atoms with E-state index in [0.29, 0.717) is 5.95 Å². The second kappa shape index (κ2) is 6.57. The van der Waals surface area contributed by atoms with Crippen LogP contribution in [0, 0.1) is 26.7 Å². The molecule has 3 rings (SSSR count). The average Bonchev–Trinajstić information content (AvgIpc) is 2.51. The monoisotopic (exact) mass is 310 g/mol. The lowest BCUT2D eigenvalue weighted by molar-refractivity contribution is 0.444. The summed E-state index contributed by atoms with van der Waals surface area (Å²) in [5.74, 6) is 2.43. The smallest absolute Gasteiger partial charge is 0.229 e. The fourth-order valence-electron chi connectivity index (χ4n) is 3.47. The van der Waals surface area contributed by atoms with E-state index >= 15 is 0 Å². The zero-order chi connectivity index (χ0) is 16.4. The first-order valence-corrected chi connectivity index (χ1v) is 8.46. The van der Waals surface area contributed by atoms with Gasteiger partial charge in [-0.15, -0.1) is 0 Å². The van der Waals surface area contributed by atoms with Crippen LogP contribution in [0.3, 0.4) is 0 Å². The molecule has 0 aliphatic carbocycles. The van der Waals surface area contributed by atoms with Crippen molar-refractivity contribution in [3.63, 3.8) is 0 Å². The van der Waals surface area contributed by atoms with E-state index in [-0.39, 0.29) is 0 Å². The van der Waals surface area contributed by atoms with Crippen LogP contribution in [0.2, 0.25) is 0 Å². The van der Waals surface area contributed by atoms with E-state index < -0.39 is 0 Å². The van der Waals surface area contributed by atoms with Gasteiger partial charge in [0.15, 0.2) is 0 Å². The third-order valence-electron chi connectivity index (χ3n) is 4.54. The molecule has 1 aliphatic heterocycles. The first-order chi connectivity index (χ1) is 11.0. The predicted molar refractivity (Wildman–Crippen MR) is 96.6 cm³/mol. The van der Waals surface area contributed by atoms with Crippen LogP contribution in [0.25, 0.3) is 0 Å². The van der Waals surface area contributed by atoms with Crippen molar-refractivity contribution in [3.8, 4) is 0 Å². The van der Waals surface area contributed by atoms with Crippen molar-refractivity contribution in [1.82, 2.24) is 9.97 Å². The van der Waals surface area contributed by atoms with Crippen molar-refractivity contribution in [3.05, 3.63) is 41.1 Å². The Labute approximate surface area is 139 Å². The molecule has 1 aliphatic rings. The van der Waals surface area contributed by atoms with Crippen LogP contribution in [0.15, 0.2) is 24.4 Å². The average molecular weight is 310 g/mol. The maximum Gasteiger partial charge on any atom is 0.229 e. The molecule has 2 heterocycles. The highest BCUT2D eigenvalue weighted by molar-refractivity contribution is 5.64. The Morgan fingerprint density at radius 3 is 2.61 bits per heavy atom. The number of anilines is 3. The lowest BCUT2D eigenvalue weighted by Gasteiger charge is -2.31. The Hall–Kier alpha value is -2.10. The fraction of sp³-hybridized carbons (Fsp3) is 0.474. The molecule has 2 aromatic rings. The van der Waals surface area contributed by atoms with Gasteiger partial charge in [-0.1, -0.05) is 24.6 Å². The maximum atomic E-state index is 4.73. The van der Waals surface area contributed by atoms with Crippen molar-refractivity contribution in [1.29, 1.82) is 0 Å². The van der Waals surface area contributed by atoms with E-state index in [1.807, 2.05) is 12.3 Å². The van der Waals surface area contributed by atoms with Crippen molar-refractivity contribution in [2.24, 2.45) is 5.92 Å². The lowest BCUT2D eigenvalue weighted by Crippen LogP contribution is -2.34. The largest absolute Gasteiger partial charge is 0.356 e. The van der Waals surface area contributed by atoms with Gasteiger partial charge in [0.05, 0.1) is 0 Å². The highest BCUT2D eigenvalue weighted by atomic mass is 15.2. The normalized spacial score (nSPS) is 18.1. The van der Waals surface area contributed by atoms with Gasteiger partial charge in [0.25, 0.3) is 0 Å². The van der Waals surface area contributed by atoms with E-state index in [1.165, 1.54) is 29.5 Å². The molecule has 0 spiro atoms. The van der Waals surface area contributed by atoms with Gasteiger partial charge in [-0.3, -0.25) is 0 Å². The quantitative estimate of drug-likeness (QED) is 0.913. The zero-order valence-electron chi connectivity index (χ0n) is 14.6. The summed E-state index contributed by atoms with van der Waals surface area (Å²) in [5.41, 5.74) is 4.84. The van der Waals surface area contributed by atoms with Gasteiger partial charge in [0, 0.05) is 25.0 Å². The number of benzene rings is 1. The number of hydrogen-bond donors (Lipinski definition) is 1. The number of piperidine rings is 1. The highest BCUT2D eigenvalue weighted by Gasteiger charge is 2.18. The standard InChI is InChI=1S/C19H26N4/c1-13-6-5-9-23(12-13)17-7-8-20-19(21-17)22-18-15(3)10-14(2)11-16(18)4/h7-8,10-11,13H,5-6,9,12H2,1-4H3,(H,20,21,22). The Morgan fingerprint density at radius 1 is 1.17 bits per heavy atom. The third-order valence-corrected chi connectivity index (χ3v) is 4.54. The molecule has 4 heteroatoms. The van der Waals surface area contributed by atoms with Gasteiger partial charge in [-0.25, -0.2) is 4.98 Å². The van der Waals surface area contributed by atoms with E-state index in [9.17, 15) is 0 Å². The van der Waals surface area contributed by atoms with Crippen molar-refractivity contribution >= 4 is 17.5 Å². The Balaban J connectivity index is 1.83. The first kappa shape index (κ1) is 15.8. The molecule has 1 aromatic carbocycles. The summed E-state index contributed by atoms with van der Waals surface area (Å²) < 4.78 is 0. The minimum absolute atomic E-state index is 0.677. The minimum atomic E-state index is 0.677. The Bertz CT molecular complexity index is 673. The first-order valence-electron chi connectivity index (χ1n) is 8.46. The molecule has 0 saturated carbocycles. The van der Waals surface area contributed by atoms with Crippen LogP contribution in [-0.4, -0.2) is 23.1 Å². The Morgan fingerprint density at radius 2 is 1.91 bits per heavy atom. The molecular formula is C19H26N4. The SMILES string of the molecule is Cc1cc(C)c(Nc2nccc(N3CCCC(C)C3)n2)c(C)c1. The summed E-state index contributed by atoms with van der Waals surface area (Å²) in [7, 11) is 0. The molecule has 0 radical (unpaired) electrons. The molecular weight excluding hydrogens is 284 g/mol. The van der Waals surface area contributed by atoms with Crippen LogP contribution < -0.4 is 10.2 Å². The molecule has 1 atom stereocenters. The third kappa shape index (κ3) is 3.63. The van der Waals surface area contributed by atoms with Crippen molar-refractivity contribution in [2.45, 2.75) is 40.5 Å². The minimum Gasteiger partial charge on any atom is -0.356 e. The van der Waals surface area contributed by atoms with Crippen LogP contribution in [0.1, 0.15) is 36.5 Å². The summed E-state index contributed by atoms with van der Waals surface area (Å²) in [6, 6.07) is 6.38. The van der Waals surface area contributed by atoms with Gasteiger partial charge in [0.1, 0.15) is 5.82 Å². The number of aryl methyl sites for hydroxylation is 3. The van der Waals surface area contributed by atoms with E-state index in [4.69, 9.17) is 4.98 Å². The Kier molecular flexibility index (Phi) is 4.51. The van der Waals surface area contributed by atoms with E-state index in [2.05, 4.69) is 55.0 Å². The van der Waals surface area contributed by atoms with Crippen LogP contribution in [-0.2, 0) is 0 Å². The van der Waals surface area contributed by atoms with Crippen molar-refractivity contribution < 1.29 is 0 Å². The molecule has 1 aromatic heterocycles. The van der Waals surface area contributed by atoms with Crippen LogP contribution in [0.4, 0.5) is 17.5 Å². The molecule has 0 bridgehead atoms. The summed E-state index contributed by atoms with van der Waals surface area (Å²) in [5, 5.41) is 3.41. The predicted octanol–water partition coefficient (Wildman–Crippen LogP) is 4.38.